The molecule has 2 aromatic rings. The molecule has 0 aliphatic rings. The number of primary amides is 1. The smallest absolute Gasteiger partial charge is 0.271 e. The average molecular weight is 251 g/mol. The van der Waals surface area contributed by atoms with Gasteiger partial charge in [-0.2, -0.15) is 5.10 Å². The number of amides is 1. The molecule has 0 radical (unpaired) electrons. The van der Waals surface area contributed by atoms with Crippen LogP contribution in [-0.2, 0) is 0 Å². The number of nitrogen functional groups attached to an aromatic ring is 1. The molecular weight excluding hydrogens is 240 g/mol. The molecule has 5 nitrogen and oxygen atoms in total. The number of carbonyl (C=O) groups is 1. The monoisotopic (exact) mass is 250 g/mol. The van der Waals surface area contributed by atoms with E-state index in [1.165, 1.54) is 10.9 Å². The molecule has 1 aromatic carbocycles. The number of rotatable bonds is 2. The molecule has 0 aliphatic heterocycles. The predicted octanol–water partition coefficient (Wildman–Crippen LogP) is 1.52. The highest BCUT2D eigenvalue weighted by Gasteiger charge is 2.13. The molecule has 17 heavy (non-hydrogen) atoms. The van der Waals surface area contributed by atoms with E-state index in [0.717, 1.165) is 5.56 Å². The Hall–Kier alpha value is -2.01. The maximum absolute atomic E-state index is 11.0. The minimum atomic E-state index is -0.663. The third-order valence-electron chi connectivity index (χ3n) is 2.33. The standard InChI is InChI=1S/C11H11ClN4O/c1-6-2-3-9(7(12)4-6)16-5-8(13)10(15-16)11(14)17/h2-5H,13H2,1H3,(H2,14,17). The van der Waals surface area contributed by atoms with Gasteiger partial charge in [-0.1, -0.05) is 17.7 Å². The second kappa shape index (κ2) is 4.10. The van der Waals surface area contributed by atoms with Crippen molar-refractivity contribution < 1.29 is 4.79 Å². The van der Waals surface area contributed by atoms with Crippen LogP contribution in [0.25, 0.3) is 5.69 Å². The molecule has 0 bridgehead atoms. The molecule has 0 saturated heterocycles. The predicted molar refractivity (Wildman–Crippen MR) is 66.2 cm³/mol. The molecule has 1 aromatic heterocycles. The third-order valence-corrected chi connectivity index (χ3v) is 2.63. The fourth-order valence-corrected chi connectivity index (χ4v) is 1.82. The molecule has 0 saturated carbocycles. The lowest BCUT2D eigenvalue weighted by molar-refractivity contribution is 0.0996. The van der Waals surface area contributed by atoms with E-state index < -0.39 is 5.91 Å². The lowest BCUT2D eigenvalue weighted by atomic mass is 10.2. The van der Waals surface area contributed by atoms with Gasteiger partial charge in [0.1, 0.15) is 0 Å². The number of benzene rings is 1. The van der Waals surface area contributed by atoms with E-state index in [-0.39, 0.29) is 11.4 Å². The van der Waals surface area contributed by atoms with E-state index in [1.807, 2.05) is 13.0 Å². The van der Waals surface area contributed by atoms with Crippen molar-refractivity contribution in [1.29, 1.82) is 0 Å². The summed E-state index contributed by atoms with van der Waals surface area (Å²) < 4.78 is 1.44. The average Bonchev–Trinajstić information content (AvgIpc) is 2.60. The van der Waals surface area contributed by atoms with Crippen LogP contribution in [0.2, 0.25) is 5.02 Å². The number of aryl methyl sites for hydroxylation is 1. The van der Waals surface area contributed by atoms with Gasteiger partial charge in [0.05, 0.1) is 22.6 Å². The van der Waals surface area contributed by atoms with Gasteiger partial charge in [-0.3, -0.25) is 4.79 Å². The number of halogens is 1. The van der Waals surface area contributed by atoms with E-state index >= 15 is 0 Å². The summed E-state index contributed by atoms with van der Waals surface area (Å²) in [5, 5.41) is 4.53. The fraction of sp³-hybridized carbons (Fsp3) is 0.0909. The Labute approximate surface area is 103 Å². The molecule has 6 heteroatoms. The Balaban J connectivity index is 2.53. The summed E-state index contributed by atoms with van der Waals surface area (Å²) in [6.45, 7) is 1.93. The quantitative estimate of drug-likeness (QED) is 0.847. The molecule has 0 unspecified atom stereocenters. The van der Waals surface area contributed by atoms with E-state index in [9.17, 15) is 4.79 Å². The van der Waals surface area contributed by atoms with Gasteiger partial charge in [0.2, 0.25) is 0 Å². The summed E-state index contributed by atoms with van der Waals surface area (Å²) in [4.78, 5) is 11.0. The van der Waals surface area contributed by atoms with Crippen molar-refractivity contribution in [2.45, 2.75) is 6.92 Å². The number of nitrogens with two attached hydrogens (primary N) is 2. The van der Waals surface area contributed by atoms with Gasteiger partial charge in [-0.25, -0.2) is 4.68 Å². The van der Waals surface area contributed by atoms with E-state index in [1.54, 1.807) is 12.1 Å². The van der Waals surface area contributed by atoms with Crippen molar-refractivity contribution in [3.63, 3.8) is 0 Å². The molecule has 1 heterocycles. The number of anilines is 1. The highest BCUT2D eigenvalue weighted by Crippen LogP contribution is 2.22. The normalized spacial score (nSPS) is 10.5. The number of hydrogen-bond acceptors (Lipinski definition) is 3. The summed E-state index contributed by atoms with van der Waals surface area (Å²) in [6, 6.07) is 5.50. The first kappa shape index (κ1) is 11.5. The molecule has 2 rings (SSSR count). The summed E-state index contributed by atoms with van der Waals surface area (Å²) in [7, 11) is 0. The van der Waals surface area contributed by atoms with Crippen LogP contribution < -0.4 is 11.5 Å². The summed E-state index contributed by atoms with van der Waals surface area (Å²) in [5.74, 6) is -0.663. The first-order valence-corrected chi connectivity index (χ1v) is 5.28. The van der Waals surface area contributed by atoms with Gasteiger partial charge < -0.3 is 11.5 Å². The molecule has 0 atom stereocenters. The topological polar surface area (TPSA) is 86.9 Å². The summed E-state index contributed by atoms with van der Waals surface area (Å²) in [6.07, 6.45) is 1.51. The Morgan fingerprint density at radius 2 is 2.18 bits per heavy atom. The van der Waals surface area contributed by atoms with Crippen molar-refractivity contribution in [3.8, 4) is 5.69 Å². The lowest BCUT2D eigenvalue weighted by Gasteiger charge is -2.04. The van der Waals surface area contributed by atoms with Crippen LogP contribution in [-0.4, -0.2) is 15.7 Å². The van der Waals surface area contributed by atoms with Crippen molar-refractivity contribution in [3.05, 3.63) is 40.7 Å². The molecule has 0 spiro atoms. The molecule has 88 valence electrons. The number of nitrogens with zero attached hydrogens (tertiary/aromatic N) is 2. The van der Waals surface area contributed by atoms with Gasteiger partial charge in [0, 0.05) is 0 Å². The molecule has 0 fully saturated rings. The van der Waals surface area contributed by atoms with Crippen LogP contribution in [0.15, 0.2) is 24.4 Å². The van der Waals surface area contributed by atoms with Crippen molar-refractivity contribution in [2.75, 3.05) is 5.73 Å². The second-order valence-corrected chi connectivity index (χ2v) is 4.10. The van der Waals surface area contributed by atoms with Gasteiger partial charge in [-0.05, 0) is 24.6 Å². The van der Waals surface area contributed by atoms with E-state index in [4.69, 9.17) is 23.1 Å². The van der Waals surface area contributed by atoms with Gasteiger partial charge >= 0.3 is 0 Å². The molecular formula is C11H11ClN4O. The van der Waals surface area contributed by atoms with Gasteiger partial charge in [0.15, 0.2) is 5.69 Å². The minimum Gasteiger partial charge on any atom is -0.396 e. The highest BCUT2D eigenvalue weighted by molar-refractivity contribution is 6.32. The first-order chi connectivity index (χ1) is 7.99. The van der Waals surface area contributed by atoms with Crippen molar-refractivity contribution in [2.24, 2.45) is 5.73 Å². The molecule has 1 amide bonds. The summed E-state index contributed by atoms with van der Waals surface area (Å²) in [5.41, 5.74) is 12.7. The Bertz CT molecular complexity index is 591. The van der Waals surface area contributed by atoms with Gasteiger partial charge in [0.25, 0.3) is 5.91 Å². The van der Waals surface area contributed by atoms with Crippen LogP contribution in [0.5, 0.6) is 0 Å². The second-order valence-electron chi connectivity index (χ2n) is 3.70. The minimum absolute atomic E-state index is 0.0432. The van der Waals surface area contributed by atoms with E-state index in [2.05, 4.69) is 5.10 Å². The zero-order valence-corrected chi connectivity index (χ0v) is 9.90. The lowest BCUT2D eigenvalue weighted by Crippen LogP contribution is -2.14. The molecule has 0 aliphatic carbocycles. The van der Waals surface area contributed by atoms with Crippen LogP contribution in [0.1, 0.15) is 16.1 Å². The largest absolute Gasteiger partial charge is 0.396 e. The number of carbonyl (C=O) groups excluding carboxylic acids is 1. The number of hydrogen-bond donors (Lipinski definition) is 2. The Morgan fingerprint density at radius 3 is 2.71 bits per heavy atom. The zero-order valence-electron chi connectivity index (χ0n) is 9.14. The third kappa shape index (κ3) is 2.09. The van der Waals surface area contributed by atoms with Crippen molar-refractivity contribution >= 4 is 23.2 Å². The maximum Gasteiger partial charge on any atom is 0.271 e. The fourth-order valence-electron chi connectivity index (χ4n) is 1.50. The van der Waals surface area contributed by atoms with Crippen molar-refractivity contribution in [1.82, 2.24) is 9.78 Å². The SMILES string of the molecule is Cc1ccc(-n2cc(N)c(C(N)=O)n2)c(Cl)c1. The van der Waals surface area contributed by atoms with Crippen LogP contribution >= 0.6 is 11.6 Å². The maximum atomic E-state index is 11.0. The zero-order chi connectivity index (χ0) is 12.6. The van der Waals surface area contributed by atoms with E-state index in [0.29, 0.717) is 10.7 Å². The van der Waals surface area contributed by atoms with Crippen LogP contribution in [0, 0.1) is 6.92 Å². The highest BCUT2D eigenvalue weighted by atomic mass is 35.5. The van der Waals surface area contributed by atoms with Crippen LogP contribution in [0.3, 0.4) is 0 Å². The Kier molecular flexibility index (Phi) is 2.77. The first-order valence-electron chi connectivity index (χ1n) is 4.90. The number of aromatic nitrogens is 2. The molecule has 4 N–H and O–H groups in total. The van der Waals surface area contributed by atoms with Crippen LogP contribution in [0.4, 0.5) is 5.69 Å². The Morgan fingerprint density at radius 1 is 1.47 bits per heavy atom. The van der Waals surface area contributed by atoms with Gasteiger partial charge in [-0.15, -0.1) is 0 Å². The summed E-state index contributed by atoms with van der Waals surface area (Å²) >= 11 is 6.09.